The summed E-state index contributed by atoms with van der Waals surface area (Å²) >= 11 is 0. The first-order chi connectivity index (χ1) is 17.9. The van der Waals surface area contributed by atoms with E-state index in [1.807, 2.05) is 18.2 Å². The van der Waals surface area contributed by atoms with Crippen LogP contribution in [0.25, 0.3) is 6.08 Å². The number of carbonyl (C=O) groups is 1. The number of ether oxygens (including phenoxy) is 1. The second-order valence-corrected chi connectivity index (χ2v) is 11.5. The van der Waals surface area contributed by atoms with Gasteiger partial charge in [0.05, 0.1) is 10.5 Å². The summed E-state index contributed by atoms with van der Waals surface area (Å²) in [4.78, 5) is 22.1. The fourth-order valence-corrected chi connectivity index (χ4v) is 6.82. The molecule has 1 unspecified atom stereocenters. The fraction of sp³-hybridized carbons (Fsp3) is 0.423. The Balaban J connectivity index is 1.49. The zero-order valence-electron chi connectivity index (χ0n) is 20.4. The molecule has 1 saturated heterocycles. The van der Waals surface area contributed by atoms with Crippen molar-refractivity contribution in [2.45, 2.75) is 49.8 Å². The first kappa shape index (κ1) is 27.8. The first-order valence-electron chi connectivity index (χ1n) is 12.2. The third-order valence-corrected chi connectivity index (χ3v) is 9.28. The normalized spacial score (nSPS) is 20.0. The van der Waals surface area contributed by atoms with E-state index in [1.165, 1.54) is 0 Å². The Hall–Kier alpha value is -3.25. The van der Waals surface area contributed by atoms with Crippen LogP contribution < -0.4 is 0 Å². The van der Waals surface area contributed by atoms with Crippen LogP contribution in [0, 0.1) is 22.0 Å². The van der Waals surface area contributed by atoms with E-state index in [0.717, 1.165) is 27.4 Å². The molecule has 1 fully saturated rings. The zero-order chi connectivity index (χ0) is 27.7. The summed E-state index contributed by atoms with van der Waals surface area (Å²) < 4.78 is 72.1. The van der Waals surface area contributed by atoms with E-state index in [2.05, 4.69) is 6.58 Å². The lowest BCUT2D eigenvalue weighted by atomic mass is 9.79. The van der Waals surface area contributed by atoms with Crippen LogP contribution in [-0.2, 0) is 38.8 Å². The highest BCUT2D eigenvalue weighted by Crippen LogP contribution is 2.38. The summed E-state index contributed by atoms with van der Waals surface area (Å²) in [5.41, 5.74) is 0.522. The van der Waals surface area contributed by atoms with Gasteiger partial charge in [-0.3, -0.25) is 14.9 Å². The average molecular weight is 553 g/mol. The number of esters is 1. The van der Waals surface area contributed by atoms with Crippen molar-refractivity contribution in [2.75, 3.05) is 13.1 Å². The number of nitro groups is 1. The average Bonchev–Trinajstić information content (AvgIpc) is 2.96. The predicted molar refractivity (Wildman–Crippen MR) is 132 cm³/mol. The van der Waals surface area contributed by atoms with E-state index < -0.39 is 37.3 Å². The van der Waals surface area contributed by atoms with Gasteiger partial charge >= 0.3 is 12.1 Å². The molecule has 2 aromatic carbocycles. The van der Waals surface area contributed by atoms with E-state index in [-0.39, 0.29) is 50.0 Å². The lowest BCUT2D eigenvalue weighted by molar-refractivity contribution is -0.388. The second-order valence-electron chi connectivity index (χ2n) is 9.57. The quantitative estimate of drug-likeness (QED) is 0.281. The van der Waals surface area contributed by atoms with Gasteiger partial charge < -0.3 is 4.74 Å². The van der Waals surface area contributed by atoms with Crippen LogP contribution in [0.15, 0.2) is 47.9 Å². The van der Waals surface area contributed by atoms with Crippen molar-refractivity contribution in [3.63, 3.8) is 0 Å². The topological polar surface area (TPSA) is 107 Å². The number of hydrogen-bond acceptors (Lipinski definition) is 6. The molecule has 4 rings (SSSR count). The number of hydrogen-bond donors (Lipinski definition) is 0. The van der Waals surface area contributed by atoms with Crippen LogP contribution in [0.1, 0.15) is 47.9 Å². The number of aryl methyl sites for hydroxylation is 1. The number of cyclic esters (lactones) is 1. The van der Waals surface area contributed by atoms with Gasteiger partial charge in [-0.05, 0) is 72.4 Å². The van der Waals surface area contributed by atoms with Crippen molar-refractivity contribution in [3.8, 4) is 0 Å². The number of nitrogens with zero attached hydrogens (tertiary/aromatic N) is 2. The van der Waals surface area contributed by atoms with Gasteiger partial charge in [-0.15, -0.1) is 0 Å². The Morgan fingerprint density at radius 1 is 1.05 bits per heavy atom. The standard InChI is InChI=1S/C26H27F3N2O6S/c1-2-17-3-4-18-5-6-20(14-25(32)37-16-21(18)13-17)19-9-11-30(12-10-19)38(35,36)24-8-7-22(26(27,28)29)15-23(24)31(33)34/h2-4,7-8,13,15,19-20H,1,5-6,9-12,14,16H2. The fourth-order valence-electron chi connectivity index (χ4n) is 5.21. The molecule has 0 radical (unpaired) electrons. The Morgan fingerprint density at radius 2 is 1.76 bits per heavy atom. The molecule has 2 aliphatic rings. The van der Waals surface area contributed by atoms with Crippen LogP contribution in [0.4, 0.5) is 18.9 Å². The summed E-state index contributed by atoms with van der Waals surface area (Å²) in [6.45, 7) is 4.01. The molecule has 38 heavy (non-hydrogen) atoms. The largest absolute Gasteiger partial charge is 0.461 e. The van der Waals surface area contributed by atoms with Crippen LogP contribution >= 0.6 is 0 Å². The molecule has 2 aliphatic heterocycles. The number of sulfonamides is 1. The minimum atomic E-state index is -4.85. The molecule has 0 bridgehead atoms. The summed E-state index contributed by atoms with van der Waals surface area (Å²) in [6.07, 6.45) is -0.677. The van der Waals surface area contributed by atoms with Gasteiger partial charge in [0, 0.05) is 25.6 Å². The number of alkyl halides is 3. The molecule has 0 aromatic heterocycles. The predicted octanol–water partition coefficient (Wildman–Crippen LogP) is 5.35. The number of fused-ring (bicyclic) bond motifs is 1. The third kappa shape index (κ3) is 5.91. The van der Waals surface area contributed by atoms with Crippen molar-refractivity contribution < 1.29 is 36.0 Å². The maximum absolute atomic E-state index is 13.2. The van der Waals surface area contributed by atoms with Crippen molar-refractivity contribution in [1.82, 2.24) is 4.31 Å². The molecule has 0 saturated carbocycles. The number of carbonyl (C=O) groups excluding carboxylic acids is 1. The smallest absolute Gasteiger partial charge is 0.416 e. The van der Waals surface area contributed by atoms with Gasteiger partial charge in [-0.25, -0.2) is 8.42 Å². The number of rotatable bonds is 5. The molecule has 12 heteroatoms. The molecular formula is C26H27F3N2O6S. The highest BCUT2D eigenvalue weighted by Gasteiger charge is 2.39. The van der Waals surface area contributed by atoms with Crippen LogP contribution in [0.2, 0.25) is 0 Å². The zero-order valence-corrected chi connectivity index (χ0v) is 21.3. The number of benzene rings is 2. The van der Waals surface area contributed by atoms with Gasteiger partial charge in [0.15, 0.2) is 4.90 Å². The molecule has 2 aromatic rings. The van der Waals surface area contributed by atoms with Crippen molar-refractivity contribution in [1.29, 1.82) is 0 Å². The first-order valence-corrected chi connectivity index (χ1v) is 13.6. The second kappa shape index (κ2) is 10.9. The van der Waals surface area contributed by atoms with Gasteiger partial charge in [0.25, 0.3) is 5.69 Å². The van der Waals surface area contributed by atoms with E-state index in [1.54, 1.807) is 6.08 Å². The van der Waals surface area contributed by atoms with Gasteiger partial charge in [-0.2, -0.15) is 17.5 Å². The van der Waals surface area contributed by atoms with E-state index in [9.17, 15) is 36.5 Å². The van der Waals surface area contributed by atoms with E-state index >= 15 is 0 Å². The van der Waals surface area contributed by atoms with Crippen LogP contribution in [-0.4, -0.2) is 36.7 Å². The SMILES string of the molecule is C=Cc1ccc2c(c1)COC(=O)CC(C1CCN(S(=O)(=O)c3ccc(C(F)(F)F)cc3[N+](=O)[O-])CC1)CC2. The molecule has 2 heterocycles. The molecular weight excluding hydrogens is 525 g/mol. The van der Waals surface area contributed by atoms with Crippen molar-refractivity contribution in [3.05, 3.63) is 75.3 Å². The molecule has 1 atom stereocenters. The molecule has 0 spiro atoms. The van der Waals surface area contributed by atoms with Gasteiger partial charge in [0.2, 0.25) is 10.0 Å². The van der Waals surface area contributed by atoms with Crippen LogP contribution in [0.3, 0.4) is 0 Å². The van der Waals surface area contributed by atoms with Crippen LogP contribution in [0.5, 0.6) is 0 Å². The molecule has 204 valence electrons. The number of halogens is 3. The Bertz CT molecular complexity index is 1350. The molecule has 0 aliphatic carbocycles. The minimum absolute atomic E-state index is 0.0191. The molecule has 8 nitrogen and oxygen atoms in total. The summed E-state index contributed by atoms with van der Waals surface area (Å²) in [5, 5.41) is 11.4. The molecule has 0 N–H and O–H groups in total. The maximum atomic E-state index is 13.2. The number of piperidine rings is 1. The van der Waals surface area contributed by atoms with E-state index in [4.69, 9.17) is 4.74 Å². The van der Waals surface area contributed by atoms with E-state index in [0.29, 0.717) is 31.4 Å². The monoisotopic (exact) mass is 552 g/mol. The Morgan fingerprint density at radius 3 is 2.39 bits per heavy atom. The minimum Gasteiger partial charge on any atom is -0.461 e. The Kier molecular flexibility index (Phi) is 7.93. The van der Waals surface area contributed by atoms with Gasteiger partial charge in [0.1, 0.15) is 6.61 Å². The molecule has 0 amide bonds. The summed E-state index contributed by atoms with van der Waals surface area (Å²) in [5.74, 6) is -0.356. The summed E-state index contributed by atoms with van der Waals surface area (Å²) in [7, 11) is -4.41. The lowest BCUT2D eigenvalue weighted by Gasteiger charge is -2.35. The summed E-state index contributed by atoms with van der Waals surface area (Å²) in [6, 6.07) is 7.31. The third-order valence-electron chi connectivity index (χ3n) is 7.33. The van der Waals surface area contributed by atoms with Crippen molar-refractivity contribution >= 4 is 27.8 Å². The van der Waals surface area contributed by atoms with Gasteiger partial charge in [-0.1, -0.05) is 24.8 Å². The Labute approximate surface area is 218 Å². The highest BCUT2D eigenvalue weighted by molar-refractivity contribution is 7.89. The number of nitro benzene ring substituents is 1. The van der Waals surface area contributed by atoms with Crippen molar-refractivity contribution in [2.24, 2.45) is 11.8 Å². The highest BCUT2D eigenvalue weighted by atomic mass is 32.2. The lowest BCUT2D eigenvalue weighted by Crippen LogP contribution is -2.40. The maximum Gasteiger partial charge on any atom is 0.416 e.